The summed E-state index contributed by atoms with van der Waals surface area (Å²) < 4.78 is 0. The average Bonchev–Trinajstić information content (AvgIpc) is 2.84. The minimum Gasteiger partial charge on any atom is -0.513 e. The molecule has 4 rings (SSSR count). The average molecular weight is 303 g/mol. The molecule has 0 spiro atoms. The molecule has 0 bridgehead atoms. The summed E-state index contributed by atoms with van der Waals surface area (Å²) in [5, 5.41) is 9.98. The highest BCUT2D eigenvalue weighted by molar-refractivity contribution is 5.13. The summed E-state index contributed by atoms with van der Waals surface area (Å²) in [4.78, 5) is 0. The Balaban J connectivity index is 1.63. The molecule has 0 saturated heterocycles. The lowest BCUT2D eigenvalue weighted by Crippen LogP contribution is -2.52. The Kier molecular flexibility index (Phi) is 3.44. The van der Waals surface area contributed by atoms with E-state index < -0.39 is 0 Å². The first-order valence-electron chi connectivity index (χ1n) is 9.87. The highest BCUT2D eigenvalue weighted by Crippen LogP contribution is 2.67. The van der Waals surface area contributed by atoms with Crippen molar-refractivity contribution in [2.24, 2.45) is 40.4 Å². The Labute approximate surface area is 136 Å². The van der Waals surface area contributed by atoms with Crippen LogP contribution < -0.4 is 0 Å². The van der Waals surface area contributed by atoms with Crippen LogP contribution in [0.3, 0.4) is 0 Å². The first-order chi connectivity index (χ1) is 10.5. The minimum absolute atomic E-state index is 0.473. The highest BCUT2D eigenvalue weighted by Gasteiger charge is 2.59. The van der Waals surface area contributed by atoms with Gasteiger partial charge in [0.05, 0.1) is 5.76 Å². The van der Waals surface area contributed by atoms with Gasteiger partial charge in [0, 0.05) is 6.42 Å². The van der Waals surface area contributed by atoms with Crippen LogP contribution in [0.1, 0.15) is 78.6 Å². The summed E-state index contributed by atoms with van der Waals surface area (Å²) in [6.45, 7) is 7.61. The van der Waals surface area contributed by atoms with E-state index in [-0.39, 0.29) is 0 Å². The van der Waals surface area contributed by atoms with Gasteiger partial charge in [0.25, 0.3) is 0 Å². The Morgan fingerprint density at radius 1 is 1.05 bits per heavy atom. The normalized spacial score (nSPS) is 54.1. The van der Waals surface area contributed by atoms with Gasteiger partial charge in [0.2, 0.25) is 0 Å². The molecule has 3 fully saturated rings. The van der Waals surface area contributed by atoms with Crippen molar-refractivity contribution in [3.63, 3.8) is 0 Å². The monoisotopic (exact) mass is 302 g/mol. The van der Waals surface area contributed by atoms with Crippen LogP contribution in [0.5, 0.6) is 0 Å². The van der Waals surface area contributed by atoms with Crippen molar-refractivity contribution < 1.29 is 5.11 Å². The molecule has 1 heteroatoms. The summed E-state index contributed by atoms with van der Waals surface area (Å²) in [7, 11) is 0. The lowest BCUT2D eigenvalue weighted by molar-refractivity contribution is -0.0998. The second kappa shape index (κ2) is 5.02. The molecule has 0 aliphatic heterocycles. The zero-order valence-corrected chi connectivity index (χ0v) is 14.8. The minimum atomic E-state index is 0.473. The van der Waals surface area contributed by atoms with Crippen LogP contribution in [0.15, 0.2) is 11.8 Å². The summed E-state index contributed by atoms with van der Waals surface area (Å²) in [5.74, 6) is 5.29. The molecule has 1 nitrogen and oxygen atoms in total. The van der Waals surface area contributed by atoms with Gasteiger partial charge in [-0.15, -0.1) is 0 Å². The molecule has 0 amide bonds. The molecule has 1 N–H and O–H groups in total. The first-order valence-corrected chi connectivity index (χ1v) is 9.87. The SMILES string of the molecule is CC[C@H]1CC[C@H]2[C@@H]3CCC4CC(O)=CC[C@]4(C)[C@H]3CC[C@]12C. The van der Waals surface area contributed by atoms with E-state index >= 15 is 0 Å². The van der Waals surface area contributed by atoms with E-state index in [0.29, 0.717) is 16.6 Å². The molecular formula is C21H34O. The lowest BCUT2D eigenvalue weighted by Gasteiger charge is -2.60. The zero-order valence-electron chi connectivity index (χ0n) is 14.8. The van der Waals surface area contributed by atoms with E-state index in [9.17, 15) is 5.11 Å². The number of hydrogen-bond donors (Lipinski definition) is 1. The fourth-order valence-corrected chi connectivity index (χ4v) is 7.64. The fraction of sp³-hybridized carbons (Fsp3) is 0.905. The maximum atomic E-state index is 9.98. The third-order valence-electron chi connectivity index (χ3n) is 8.99. The maximum Gasteiger partial charge on any atom is 0.0886 e. The third kappa shape index (κ3) is 1.89. The van der Waals surface area contributed by atoms with Gasteiger partial charge in [-0.2, -0.15) is 0 Å². The number of aliphatic hydroxyl groups is 1. The Bertz CT molecular complexity index is 480. The second-order valence-corrected chi connectivity index (χ2v) is 9.49. The Morgan fingerprint density at radius 2 is 1.82 bits per heavy atom. The summed E-state index contributed by atoms with van der Waals surface area (Å²) >= 11 is 0. The largest absolute Gasteiger partial charge is 0.513 e. The predicted molar refractivity (Wildman–Crippen MR) is 91.6 cm³/mol. The van der Waals surface area contributed by atoms with Crippen LogP contribution >= 0.6 is 0 Å². The van der Waals surface area contributed by atoms with Crippen molar-refractivity contribution in [1.82, 2.24) is 0 Å². The van der Waals surface area contributed by atoms with Crippen molar-refractivity contribution in [3.8, 4) is 0 Å². The molecule has 0 radical (unpaired) electrons. The molecule has 4 aliphatic rings. The van der Waals surface area contributed by atoms with Crippen LogP contribution in [0.25, 0.3) is 0 Å². The van der Waals surface area contributed by atoms with Crippen molar-refractivity contribution in [2.45, 2.75) is 78.6 Å². The van der Waals surface area contributed by atoms with Gasteiger partial charge < -0.3 is 5.11 Å². The number of aliphatic hydroxyl groups excluding tert-OH is 1. The fourth-order valence-electron chi connectivity index (χ4n) is 7.64. The van der Waals surface area contributed by atoms with Crippen molar-refractivity contribution in [3.05, 3.63) is 11.8 Å². The van der Waals surface area contributed by atoms with Gasteiger partial charge in [-0.05, 0) is 91.4 Å². The number of rotatable bonds is 1. The molecule has 0 heterocycles. The Hall–Kier alpha value is -0.460. The molecule has 0 aromatic carbocycles. The molecule has 124 valence electrons. The number of allylic oxidation sites excluding steroid dienone is 2. The standard InChI is InChI=1S/C21H34O/c1-4-14-6-8-18-17-7-5-15-13-16(22)9-11-21(15,3)19(17)10-12-20(14,18)2/h9,14-15,17-19,22H,4-8,10-13H2,1-3H3/t14-,15?,17-,18-,19-,20+,21-/m0/s1. The van der Waals surface area contributed by atoms with Gasteiger partial charge in [0.1, 0.15) is 0 Å². The Morgan fingerprint density at radius 3 is 2.59 bits per heavy atom. The van der Waals surface area contributed by atoms with Crippen molar-refractivity contribution >= 4 is 0 Å². The smallest absolute Gasteiger partial charge is 0.0886 e. The van der Waals surface area contributed by atoms with Gasteiger partial charge in [-0.1, -0.05) is 27.2 Å². The quantitative estimate of drug-likeness (QED) is 0.620. The van der Waals surface area contributed by atoms with Crippen LogP contribution in [-0.4, -0.2) is 5.11 Å². The molecule has 0 aromatic heterocycles. The molecule has 3 saturated carbocycles. The zero-order chi connectivity index (χ0) is 15.5. The molecule has 4 aliphatic carbocycles. The van der Waals surface area contributed by atoms with E-state index in [1.165, 1.54) is 44.9 Å². The van der Waals surface area contributed by atoms with Crippen LogP contribution in [0.4, 0.5) is 0 Å². The maximum absolute atomic E-state index is 9.98. The molecule has 1 unspecified atom stereocenters. The lowest BCUT2D eigenvalue weighted by atomic mass is 9.45. The van der Waals surface area contributed by atoms with Crippen LogP contribution in [0, 0.1) is 40.4 Å². The molecule has 22 heavy (non-hydrogen) atoms. The molecular weight excluding hydrogens is 268 g/mol. The van der Waals surface area contributed by atoms with Gasteiger partial charge in [-0.3, -0.25) is 0 Å². The molecule has 7 atom stereocenters. The molecule has 0 aromatic rings. The van der Waals surface area contributed by atoms with Crippen molar-refractivity contribution in [2.75, 3.05) is 0 Å². The van der Waals surface area contributed by atoms with E-state index in [1.807, 2.05) is 0 Å². The topological polar surface area (TPSA) is 20.2 Å². The van der Waals surface area contributed by atoms with Gasteiger partial charge >= 0.3 is 0 Å². The number of fused-ring (bicyclic) bond motifs is 5. The van der Waals surface area contributed by atoms with E-state index in [2.05, 4.69) is 26.8 Å². The van der Waals surface area contributed by atoms with E-state index in [1.54, 1.807) is 0 Å². The van der Waals surface area contributed by atoms with E-state index in [4.69, 9.17) is 0 Å². The first kappa shape index (κ1) is 15.1. The predicted octanol–water partition coefficient (Wildman–Crippen LogP) is 6.11. The van der Waals surface area contributed by atoms with Crippen LogP contribution in [-0.2, 0) is 0 Å². The van der Waals surface area contributed by atoms with E-state index in [0.717, 1.165) is 42.4 Å². The summed E-state index contributed by atoms with van der Waals surface area (Å²) in [6, 6.07) is 0. The highest BCUT2D eigenvalue weighted by atomic mass is 16.3. The number of hydrogen-bond acceptors (Lipinski definition) is 1. The summed E-state index contributed by atoms with van der Waals surface area (Å²) in [5.41, 5.74) is 1.12. The second-order valence-electron chi connectivity index (χ2n) is 9.49. The van der Waals surface area contributed by atoms with Crippen LogP contribution in [0.2, 0.25) is 0 Å². The van der Waals surface area contributed by atoms with Gasteiger partial charge in [0.15, 0.2) is 0 Å². The van der Waals surface area contributed by atoms with Crippen molar-refractivity contribution in [1.29, 1.82) is 0 Å². The summed E-state index contributed by atoms with van der Waals surface area (Å²) in [6.07, 6.45) is 14.3. The van der Waals surface area contributed by atoms with Gasteiger partial charge in [-0.25, -0.2) is 0 Å². The third-order valence-corrected chi connectivity index (χ3v) is 8.99.